The standard InChI is InChI=1S/C32H35F4N3O5/c1-32(2,3)44-31(42)39-16-25(43-18-24(39)17-40)8-9-26-28(36)14-37-15-29(26)38-30(41)13-27(19-4-6-21(33)7-5-19)20-10-22(34)12-23(35)11-20/h4-7,10-12,14-15,24-25,27,40H,8-9,13,16-18H2,1-3H3,(H,38,41). The van der Waals surface area contributed by atoms with Crippen molar-refractivity contribution < 1.29 is 41.7 Å². The summed E-state index contributed by atoms with van der Waals surface area (Å²) in [6, 6.07) is 7.55. The first-order valence-corrected chi connectivity index (χ1v) is 14.2. The van der Waals surface area contributed by atoms with E-state index in [4.69, 9.17) is 9.47 Å². The Morgan fingerprint density at radius 2 is 1.73 bits per heavy atom. The molecule has 1 fully saturated rings. The van der Waals surface area contributed by atoms with Crippen LogP contribution in [0.15, 0.2) is 54.9 Å². The summed E-state index contributed by atoms with van der Waals surface area (Å²) in [5.74, 6) is -4.26. The molecule has 2 aromatic carbocycles. The van der Waals surface area contributed by atoms with Gasteiger partial charge in [-0.1, -0.05) is 12.1 Å². The fourth-order valence-electron chi connectivity index (χ4n) is 5.04. The third kappa shape index (κ3) is 8.76. The van der Waals surface area contributed by atoms with Gasteiger partial charge in [-0.05, 0) is 69.0 Å². The van der Waals surface area contributed by atoms with Crippen LogP contribution in [-0.2, 0) is 20.7 Å². The number of aromatic nitrogens is 1. The molecule has 1 aliphatic rings. The van der Waals surface area contributed by atoms with Crippen molar-refractivity contribution in [2.45, 2.75) is 63.7 Å². The van der Waals surface area contributed by atoms with E-state index < -0.39 is 58.9 Å². The van der Waals surface area contributed by atoms with Gasteiger partial charge in [0.2, 0.25) is 5.91 Å². The fourth-order valence-corrected chi connectivity index (χ4v) is 5.04. The first-order valence-electron chi connectivity index (χ1n) is 14.2. The lowest BCUT2D eigenvalue weighted by atomic mass is 9.88. The van der Waals surface area contributed by atoms with Gasteiger partial charge in [-0.2, -0.15) is 0 Å². The maximum atomic E-state index is 15.0. The Morgan fingerprint density at radius 3 is 2.36 bits per heavy atom. The lowest BCUT2D eigenvalue weighted by Gasteiger charge is -2.39. The van der Waals surface area contributed by atoms with Gasteiger partial charge in [-0.15, -0.1) is 0 Å². The van der Waals surface area contributed by atoms with E-state index in [9.17, 15) is 32.3 Å². The molecule has 8 nitrogen and oxygen atoms in total. The summed E-state index contributed by atoms with van der Waals surface area (Å²) in [6.07, 6.45) is 1.29. The van der Waals surface area contributed by atoms with E-state index in [1.165, 1.54) is 35.4 Å². The summed E-state index contributed by atoms with van der Waals surface area (Å²) < 4.78 is 68.0. The molecule has 4 rings (SSSR count). The number of aliphatic hydroxyl groups excluding tert-OH is 1. The quantitative estimate of drug-likeness (QED) is 0.298. The Kier molecular flexibility index (Phi) is 10.6. The summed E-state index contributed by atoms with van der Waals surface area (Å²) in [4.78, 5) is 31.2. The number of rotatable bonds is 9. The Balaban J connectivity index is 1.48. The predicted molar refractivity (Wildman–Crippen MR) is 154 cm³/mol. The van der Waals surface area contributed by atoms with E-state index in [0.29, 0.717) is 11.6 Å². The molecule has 3 aromatic rings. The molecule has 12 heteroatoms. The number of anilines is 1. The summed E-state index contributed by atoms with van der Waals surface area (Å²) in [5.41, 5.74) is 0.143. The summed E-state index contributed by atoms with van der Waals surface area (Å²) >= 11 is 0. The van der Waals surface area contributed by atoms with E-state index in [1.54, 1.807) is 20.8 Å². The van der Waals surface area contributed by atoms with E-state index in [2.05, 4.69) is 10.3 Å². The van der Waals surface area contributed by atoms with E-state index in [-0.39, 0.29) is 55.8 Å². The molecule has 1 aliphatic heterocycles. The molecule has 2 heterocycles. The van der Waals surface area contributed by atoms with Crippen molar-refractivity contribution in [1.82, 2.24) is 9.88 Å². The number of aliphatic hydroxyl groups is 1. The molecule has 44 heavy (non-hydrogen) atoms. The summed E-state index contributed by atoms with van der Waals surface area (Å²) in [6.45, 7) is 5.06. The van der Waals surface area contributed by atoms with Crippen LogP contribution in [0.2, 0.25) is 0 Å². The molecule has 1 aromatic heterocycles. The lowest BCUT2D eigenvalue weighted by molar-refractivity contribution is -0.116. The maximum absolute atomic E-state index is 15.0. The SMILES string of the molecule is CC(C)(C)OC(=O)N1CC(CCc2c(F)cncc2NC(=O)CC(c2ccc(F)cc2)c2cc(F)cc(F)c2)OCC1CO. The van der Waals surface area contributed by atoms with E-state index in [1.807, 2.05) is 0 Å². The minimum Gasteiger partial charge on any atom is -0.444 e. The van der Waals surface area contributed by atoms with Crippen LogP contribution in [0.3, 0.4) is 0 Å². The number of benzene rings is 2. The molecular weight excluding hydrogens is 582 g/mol. The highest BCUT2D eigenvalue weighted by molar-refractivity contribution is 5.92. The molecule has 0 saturated carbocycles. The number of carbonyl (C=O) groups excluding carboxylic acids is 2. The molecule has 0 radical (unpaired) electrons. The van der Waals surface area contributed by atoms with Crippen molar-refractivity contribution in [1.29, 1.82) is 0 Å². The van der Waals surface area contributed by atoms with E-state index >= 15 is 0 Å². The average Bonchev–Trinajstić information content (AvgIpc) is 2.94. The van der Waals surface area contributed by atoms with Crippen LogP contribution in [0.1, 0.15) is 56.2 Å². The van der Waals surface area contributed by atoms with Gasteiger partial charge in [0, 0.05) is 24.0 Å². The minimum absolute atomic E-state index is 0.0638. The monoisotopic (exact) mass is 617 g/mol. The third-order valence-corrected chi connectivity index (χ3v) is 7.15. The van der Waals surface area contributed by atoms with Gasteiger partial charge in [0.1, 0.15) is 28.9 Å². The number of pyridine rings is 1. The second-order valence-corrected chi connectivity index (χ2v) is 11.7. The zero-order valence-corrected chi connectivity index (χ0v) is 24.7. The number of halogens is 4. The van der Waals surface area contributed by atoms with Crippen LogP contribution in [0, 0.1) is 23.3 Å². The second-order valence-electron chi connectivity index (χ2n) is 11.7. The van der Waals surface area contributed by atoms with E-state index in [0.717, 1.165) is 18.3 Å². The molecule has 2 N–H and O–H groups in total. The highest BCUT2D eigenvalue weighted by Gasteiger charge is 2.35. The van der Waals surface area contributed by atoms with Crippen molar-refractivity contribution in [2.75, 3.05) is 25.1 Å². The number of ether oxygens (including phenoxy) is 2. The highest BCUT2D eigenvalue weighted by Crippen LogP contribution is 2.31. The summed E-state index contributed by atoms with van der Waals surface area (Å²) in [7, 11) is 0. The normalized spacial score (nSPS) is 17.7. The van der Waals surface area contributed by atoms with Gasteiger partial charge in [0.15, 0.2) is 0 Å². The average molecular weight is 618 g/mol. The predicted octanol–water partition coefficient (Wildman–Crippen LogP) is 5.73. The smallest absolute Gasteiger partial charge is 0.410 e. The van der Waals surface area contributed by atoms with Crippen LogP contribution in [-0.4, -0.2) is 64.5 Å². The number of hydrogen-bond acceptors (Lipinski definition) is 6. The second kappa shape index (κ2) is 14.2. The van der Waals surface area contributed by atoms with Crippen LogP contribution in [0.4, 0.5) is 28.0 Å². The van der Waals surface area contributed by atoms with Crippen LogP contribution in [0.5, 0.6) is 0 Å². The molecule has 0 bridgehead atoms. The minimum atomic E-state index is -0.834. The van der Waals surface area contributed by atoms with Gasteiger partial charge in [0.25, 0.3) is 0 Å². The number of nitrogens with one attached hydrogen (secondary N) is 1. The van der Waals surface area contributed by atoms with Crippen molar-refractivity contribution in [3.8, 4) is 0 Å². The Labute approximate surface area is 253 Å². The van der Waals surface area contributed by atoms with Gasteiger partial charge < -0.3 is 19.9 Å². The van der Waals surface area contributed by atoms with Gasteiger partial charge >= 0.3 is 6.09 Å². The number of morpholine rings is 1. The van der Waals surface area contributed by atoms with Gasteiger partial charge in [0.05, 0.1) is 50.0 Å². The summed E-state index contributed by atoms with van der Waals surface area (Å²) in [5, 5.41) is 12.4. The van der Waals surface area contributed by atoms with Crippen LogP contribution in [0.25, 0.3) is 0 Å². The first kappa shape index (κ1) is 32.9. The van der Waals surface area contributed by atoms with Crippen molar-refractivity contribution in [3.63, 3.8) is 0 Å². The molecule has 3 unspecified atom stereocenters. The molecule has 236 valence electrons. The molecule has 1 saturated heterocycles. The molecular formula is C32H35F4N3O5. The first-order chi connectivity index (χ1) is 20.8. The van der Waals surface area contributed by atoms with Crippen molar-refractivity contribution in [3.05, 3.63) is 94.8 Å². The lowest BCUT2D eigenvalue weighted by Crippen LogP contribution is -2.55. The Hall–Kier alpha value is -4.03. The van der Waals surface area contributed by atoms with Crippen LogP contribution < -0.4 is 5.32 Å². The Morgan fingerprint density at radius 1 is 1.05 bits per heavy atom. The topological polar surface area (TPSA) is 101 Å². The van der Waals surface area contributed by atoms with Crippen molar-refractivity contribution >= 4 is 17.7 Å². The van der Waals surface area contributed by atoms with Gasteiger partial charge in [-0.25, -0.2) is 22.4 Å². The molecule has 0 aliphatic carbocycles. The molecule has 2 amide bonds. The number of carbonyl (C=O) groups is 2. The third-order valence-electron chi connectivity index (χ3n) is 7.15. The maximum Gasteiger partial charge on any atom is 0.410 e. The molecule has 3 atom stereocenters. The number of nitrogens with zero attached hydrogens (tertiary/aromatic N) is 2. The van der Waals surface area contributed by atoms with Gasteiger partial charge in [-0.3, -0.25) is 14.7 Å². The molecule has 0 spiro atoms. The highest BCUT2D eigenvalue weighted by atomic mass is 19.1. The number of amides is 2. The fraction of sp³-hybridized carbons (Fsp3) is 0.406. The Bertz CT molecular complexity index is 1440. The van der Waals surface area contributed by atoms with Crippen molar-refractivity contribution in [2.24, 2.45) is 0 Å². The number of hydrogen-bond donors (Lipinski definition) is 2. The largest absolute Gasteiger partial charge is 0.444 e. The zero-order valence-electron chi connectivity index (χ0n) is 24.7. The van der Waals surface area contributed by atoms with Crippen LogP contribution >= 0.6 is 0 Å². The zero-order chi connectivity index (χ0) is 32.0.